The fourth-order valence-electron chi connectivity index (χ4n) is 5.72. The van der Waals surface area contributed by atoms with Crippen LogP contribution in [-0.4, -0.2) is 71.2 Å². The fraction of sp³-hybridized carbons (Fsp3) is 0.320. The molecule has 38 heavy (non-hydrogen) atoms. The van der Waals surface area contributed by atoms with E-state index in [1.54, 1.807) is 11.0 Å². The molecule has 13 heteroatoms. The number of aryl methyl sites for hydroxylation is 1. The van der Waals surface area contributed by atoms with Gasteiger partial charge in [-0.1, -0.05) is 18.2 Å². The largest absolute Gasteiger partial charge is 0.350 e. The lowest BCUT2D eigenvalue weighted by molar-refractivity contribution is -0.128. The molecule has 0 unspecified atom stereocenters. The zero-order chi connectivity index (χ0) is 26.9. The van der Waals surface area contributed by atoms with Crippen LogP contribution in [0.1, 0.15) is 0 Å². The second-order valence-corrected chi connectivity index (χ2v) is 13.1. The van der Waals surface area contributed by atoms with Crippen LogP contribution >= 0.6 is 23.4 Å². The minimum absolute atomic E-state index is 0.110. The fourth-order valence-corrected chi connectivity index (χ4v) is 9.26. The molecule has 1 aromatic heterocycles. The van der Waals surface area contributed by atoms with E-state index < -0.39 is 39.2 Å². The number of aromatic nitrogens is 2. The Morgan fingerprint density at radius 2 is 1.92 bits per heavy atom. The van der Waals surface area contributed by atoms with Crippen LogP contribution in [0.2, 0.25) is 5.02 Å². The predicted octanol–water partition coefficient (Wildman–Crippen LogP) is 3.10. The van der Waals surface area contributed by atoms with E-state index in [0.717, 1.165) is 18.2 Å². The van der Waals surface area contributed by atoms with Crippen molar-refractivity contribution >= 4 is 55.8 Å². The first-order valence-electron chi connectivity index (χ1n) is 11.8. The average Bonchev–Trinajstić information content (AvgIpc) is 3.20. The Bertz CT molecular complexity index is 1710. The molecule has 2 aromatic carbocycles. The molecule has 2 fully saturated rings. The first-order chi connectivity index (χ1) is 18.1. The van der Waals surface area contributed by atoms with Crippen LogP contribution in [0.4, 0.5) is 14.6 Å². The Morgan fingerprint density at radius 1 is 1.16 bits per heavy atom. The summed E-state index contributed by atoms with van der Waals surface area (Å²) in [7, 11) is -3.46. The minimum Gasteiger partial charge on any atom is -0.348 e. The summed E-state index contributed by atoms with van der Waals surface area (Å²) in [6.45, 7) is 4.37. The third-order valence-electron chi connectivity index (χ3n) is 7.32. The molecule has 0 radical (unpaired) electrons. The van der Waals surface area contributed by atoms with Crippen LogP contribution in [0.3, 0.4) is 0 Å². The van der Waals surface area contributed by atoms with Crippen molar-refractivity contribution in [2.75, 3.05) is 35.2 Å². The number of nitrogens with zero attached hydrogens (tertiary/aromatic N) is 4. The summed E-state index contributed by atoms with van der Waals surface area (Å²) >= 11 is 8.14. The Balaban J connectivity index is 1.57. The molecule has 3 aromatic rings. The molecular weight excluding hydrogens is 558 g/mol. The van der Waals surface area contributed by atoms with Gasteiger partial charge in [0.15, 0.2) is 9.84 Å². The van der Waals surface area contributed by atoms with Crippen molar-refractivity contribution in [3.8, 4) is 11.1 Å². The molecule has 6 rings (SSSR count). The molecule has 2 saturated heterocycles. The third kappa shape index (κ3) is 3.92. The van der Waals surface area contributed by atoms with Crippen molar-refractivity contribution in [2.24, 2.45) is 0 Å². The van der Waals surface area contributed by atoms with E-state index in [9.17, 15) is 26.8 Å². The SMILES string of the molecule is C=CC(=O)N1CCN(c2nc(=O)n3c4c(c(-c5ccc(F)cc5F)c(Cl)cc24)SCC3)[C@H]2CS(=O)(=O)C[C@H]21. The van der Waals surface area contributed by atoms with Gasteiger partial charge >= 0.3 is 5.69 Å². The van der Waals surface area contributed by atoms with Gasteiger partial charge in [-0.15, -0.1) is 11.8 Å². The van der Waals surface area contributed by atoms with Gasteiger partial charge < -0.3 is 9.80 Å². The molecule has 8 nitrogen and oxygen atoms in total. The molecule has 198 valence electrons. The van der Waals surface area contributed by atoms with E-state index in [-0.39, 0.29) is 46.9 Å². The number of fused-ring (bicyclic) bond motifs is 1. The van der Waals surface area contributed by atoms with Gasteiger partial charge in [-0.25, -0.2) is 22.0 Å². The molecule has 0 aliphatic carbocycles. The van der Waals surface area contributed by atoms with Crippen LogP contribution in [0.25, 0.3) is 22.0 Å². The smallest absolute Gasteiger partial charge is 0.348 e. The van der Waals surface area contributed by atoms with Crippen LogP contribution in [0.15, 0.2) is 46.6 Å². The third-order valence-corrected chi connectivity index (χ3v) is 10.4. The van der Waals surface area contributed by atoms with E-state index in [0.29, 0.717) is 33.7 Å². The monoisotopic (exact) mass is 578 g/mol. The maximum Gasteiger partial charge on any atom is 0.350 e. The molecule has 1 amide bonds. The van der Waals surface area contributed by atoms with Crippen LogP contribution in [0, 0.1) is 11.6 Å². The molecule has 3 aliphatic heterocycles. The van der Waals surface area contributed by atoms with Crippen molar-refractivity contribution in [3.63, 3.8) is 0 Å². The van der Waals surface area contributed by atoms with Crippen LogP contribution < -0.4 is 10.6 Å². The van der Waals surface area contributed by atoms with Crippen molar-refractivity contribution in [1.29, 1.82) is 0 Å². The first-order valence-corrected chi connectivity index (χ1v) is 15.0. The van der Waals surface area contributed by atoms with Crippen molar-refractivity contribution < 1.29 is 22.0 Å². The van der Waals surface area contributed by atoms with Crippen molar-refractivity contribution in [2.45, 2.75) is 23.5 Å². The number of benzene rings is 2. The normalized spacial score (nSPS) is 22.0. The molecule has 0 saturated carbocycles. The van der Waals surface area contributed by atoms with Gasteiger partial charge in [-0.3, -0.25) is 9.36 Å². The summed E-state index contributed by atoms with van der Waals surface area (Å²) in [5.74, 6) is -1.45. The first kappa shape index (κ1) is 25.3. The van der Waals surface area contributed by atoms with E-state index in [4.69, 9.17) is 11.6 Å². The second kappa shape index (κ2) is 9.06. The van der Waals surface area contributed by atoms with Crippen molar-refractivity contribution in [1.82, 2.24) is 14.5 Å². The summed E-state index contributed by atoms with van der Waals surface area (Å²) in [6, 6.07) is 3.61. The highest BCUT2D eigenvalue weighted by Gasteiger charge is 2.48. The lowest BCUT2D eigenvalue weighted by Gasteiger charge is -2.44. The highest BCUT2D eigenvalue weighted by Crippen LogP contribution is 2.46. The minimum atomic E-state index is -3.46. The molecule has 3 aliphatic rings. The maximum atomic E-state index is 14.9. The number of rotatable bonds is 3. The molecule has 0 spiro atoms. The number of amides is 1. The topological polar surface area (TPSA) is 92.6 Å². The van der Waals surface area contributed by atoms with Gasteiger partial charge in [-0.05, 0) is 24.3 Å². The highest BCUT2D eigenvalue weighted by atomic mass is 35.5. The summed E-state index contributed by atoms with van der Waals surface area (Å²) in [6.07, 6.45) is 1.16. The molecule has 0 N–H and O–H groups in total. The Labute approximate surface area is 225 Å². The van der Waals surface area contributed by atoms with Gasteiger partial charge in [0, 0.05) is 52.9 Å². The van der Waals surface area contributed by atoms with Gasteiger partial charge in [0.2, 0.25) is 5.91 Å². The quantitative estimate of drug-likeness (QED) is 0.441. The van der Waals surface area contributed by atoms with Gasteiger partial charge in [0.25, 0.3) is 0 Å². The van der Waals surface area contributed by atoms with E-state index in [2.05, 4.69) is 11.6 Å². The number of sulfone groups is 1. The number of hydrogen-bond acceptors (Lipinski definition) is 7. The summed E-state index contributed by atoms with van der Waals surface area (Å²) in [5.41, 5.74) is 0.457. The lowest BCUT2D eigenvalue weighted by Crippen LogP contribution is -2.61. The number of thioether (sulfide) groups is 1. The number of carbonyl (C=O) groups excluding carboxylic acids is 1. The van der Waals surface area contributed by atoms with Crippen molar-refractivity contribution in [3.05, 3.63) is 64.1 Å². The average molecular weight is 579 g/mol. The number of piperazine rings is 1. The molecule has 0 bridgehead atoms. The standard InChI is InChI=1S/C25H21ClF2N4O4S2/c1-2-20(33)30-5-6-31(19-12-38(35,36)11-18(19)30)24-15-10-16(26)21(14-4-3-13(27)9-17(14)28)23-22(15)32(7-8-37-23)25(34)29-24/h2-4,9-10,18-19H,1,5-8,11-12H2/t18-,19+/m1/s1. The molecule has 4 heterocycles. The number of halogens is 3. The number of carbonyl (C=O) groups is 1. The van der Waals surface area contributed by atoms with E-state index in [1.807, 2.05) is 0 Å². The summed E-state index contributed by atoms with van der Waals surface area (Å²) in [4.78, 5) is 34.0. The number of hydrogen-bond donors (Lipinski definition) is 0. The van der Waals surface area contributed by atoms with Crippen LogP contribution in [-0.2, 0) is 21.2 Å². The Morgan fingerprint density at radius 3 is 2.66 bits per heavy atom. The second-order valence-electron chi connectivity index (χ2n) is 9.44. The van der Waals surface area contributed by atoms with Crippen LogP contribution in [0.5, 0.6) is 0 Å². The zero-order valence-corrected chi connectivity index (χ0v) is 22.3. The molecular formula is C25H21ClF2N4O4S2. The predicted molar refractivity (Wildman–Crippen MR) is 143 cm³/mol. The zero-order valence-electron chi connectivity index (χ0n) is 19.9. The number of anilines is 1. The van der Waals surface area contributed by atoms with E-state index in [1.165, 1.54) is 27.3 Å². The summed E-state index contributed by atoms with van der Waals surface area (Å²) < 4.78 is 55.3. The Hall–Kier alpha value is -2.96. The lowest BCUT2D eigenvalue weighted by atomic mass is 10.0. The summed E-state index contributed by atoms with van der Waals surface area (Å²) in [5, 5.41) is 0.714. The Kier molecular flexibility index (Phi) is 6.04. The van der Waals surface area contributed by atoms with Gasteiger partial charge in [0.1, 0.15) is 17.5 Å². The maximum absolute atomic E-state index is 14.9. The van der Waals surface area contributed by atoms with Gasteiger partial charge in [-0.2, -0.15) is 4.98 Å². The highest BCUT2D eigenvalue weighted by molar-refractivity contribution is 7.99. The van der Waals surface area contributed by atoms with E-state index >= 15 is 0 Å². The van der Waals surface area contributed by atoms with Gasteiger partial charge in [0.05, 0.1) is 34.1 Å². The molecule has 2 atom stereocenters.